The average Bonchev–Trinajstić information content (AvgIpc) is 2.72. The number of anilines is 2. The van der Waals surface area contributed by atoms with Gasteiger partial charge in [-0.25, -0.2) is 8.42 Å². The van der Waals surface area contributed by atoms with Gasteiger partial charge in [-0.1, -0.05) is 54.6 Å². The number of benzene rings is 3. The van der Waals surface area contributed by atoms with E-state index < -0.39 is 21.8 Å². The Labute approximate surface area is 175 Å². The Bertz CT molecular complexity index is 1180. The molecule has 7 nitrogen and oxygen atoms in total. The standard InChI is InChI=1S/C22H21N3O4S/c1-30(28,29)25(15-16-9-3-2-4-10-16)20-14-8-6-12-18(20)22(27)24-19-13-7-5-11-17(19)21(23)26/h2-14H,15H2,1H3,(H2,23,26)(H,24,27). The van der Waals surface area contributed by atoms with Crippen molar-refractivity contribution >= 4 is 33.2 Å². The summed E-state index contributed by atoms with van der Waals surface area (Å²) < 4.78 is 26.3. The van der Waals surface area contributed by atoms with Crippen molar-refractivity contribution in [3.05, 3.63) is 95.6 Å². The molecular weight excluding hydrogens is 402 g/mol. The van der Waals surface area contributed by atoms with Crippen LogP contribution >= 0.6 is 0 Å². The average molecular weight is 423 g/mol. The summed E-state index contributed by atoms with van der Waals surface area (Å²) in [6.07, 6.45) is 1.09. The maximum Gasteiger partial charge on any atom is 0.257 e. The van der Waals surface area contributed by atoms with Crippen molar-refractivity contribution in [3.8, 4) is 0 Å². The van der Waals surface area contributed by atoms with Crippen molar-refractivity contribution in [3.63, 3.8) is 0 Å². The van der Waals surface area contributed by atoms with Crippen molar-refractivity contribution in [1.82, 2.24) is 0 Å². The van der Waals surface area contributed by atoms with Gasteiger partial charge in [-0.3, -0.25) is 13.9 Å². The van der Waals surface area contributed by atoms with Crippen LogP contribution in [0.1, 0.15) is 26.3 Å². The number of hydrogen-bond donors (Lipinski definition) is 2. The number of carbonyl (C=O) groups is 2. The fourth-order valence-corrected chi connectivity index (χ4v) is 3.91. The first-order valence-corrected chi connectivity index (χ1v) is 10.9. The van der Waals surface area contributed by atoms with Gasteiger partial charge in [0.05, 0.1) is 35.3 Å². The van der Waals surface area contributed by atoms with Gasteiger partial charge in [0.15, 0.2) is 0 Å². The lowest BCUT2D eigenvalue weighted by atomic mass is 10.1. The van der Waals surface area contributed by atoms with Crippen LogP contribution in [0.4, 0.5) is 11.4 Å². The van der Waals surface area contributed by atoms with E-state index in [2.05, 4.69) is 5.32 Å². The molecule has 0 unspecified atom stereocenters. The molecule has 0 spiro atoms. The van der Waals surface area contributed by atoms with E-state index in [1.165, 1.54) is 16.4 Å². The zero-order valence-electron chi connectivity index (χ0n) is 16.3. The molecule has 3 rings (SSSR count). The molecule has 0 fully saturated rings. The molecule has 0 atom stereocenters. The number of nitrogens with two attached hydrogens (primary N) is 1. The molecule has 3 N–H and O–H groups in total. The summed E-state index contributed by atoms with van der Waals surface area (Å²) in [4.78, 5) is 24.6. The molecule has 0 aromatic heterocycles. The maximum atomic E-state index is 13.0. The second-order valence-corrected chi connectivity index (χ2v) is 8.54. The van der Waals surface area contributed by atoms with E-state index in [0.717, 1.165) is 11.8 Å². The summed E-state index contributed by atoms with van der Waals surface area (Å²) in [6.45, 7) is 0.0713. The zero-order valence-corrected chi connectivity index (χ0v) is 17.1. The highest BCUT2D eigenvalue weighted by Crippen LogP contribution is 2.26. The number of primary amides is 1. The highest BCUT2D eigenvalue weighted by Gasteiger charge is 2.24. The van der Waals surface area contributed by atoms with Crippen LogP contribution in [0.2, 0.25) is 0 Å². The molecule has 0 aliphatic rings. The summed E-state index contributed by atoms with van der Waals surface area (Å²) in [5, 5.41) is 2.66. The minimum absolute atomic E-state index is 0.0713. The van der Waals surface area contributed by atoms with Crippen LogP contribution in [-0.4, -0.2) is 26.5 Å². The number of nitrogens with one attached hydrogen (secondary N) is 1. The van der Waals surface area contributed by atoms with Crippen molar-refractivity contribution in [1.29, 1.82) is 0 Å². The predicted molar refractivity (Wildman–Crippen MR) is 117 cm³/mol. The van der Waals surface area contributed by atoms with Gasteiger partial charge in [-0.05, 0) is 29.8 Å². The fourth-order valence-electron chi connectivity index (χ4n) is 3.01. The lowest BCUT2D eigenvalue weighted by Gasteiger charge is -2.25. The van der Waals surface area contributed by atoms with E-state index in [1.54, 1.807) is 36.4 Å². The van der Waals surface area contributed by atoms with Crippen LogP contribution in [0.3, 0.4) is 0 Å². The van der Waals surface area contributed by atoms with Crippen LogP contribution in [0.5, 0.6) is 0 Å². The molecular formula is C22H21N3O4S. The lowest BCUT2D eigenvalue weighted by Crippen LogP contribution is -2.31. The summed E-state index contributed by atoms with van der Waals surface area (Å²) in [7, 11) is -3.69. The van der Waals surface area contributed by atoms with Crippen molar-refractivity contribution in [2.45, 2.75) is 6.54 Å². The summed E-state index contributed by atoms with van der Waals surface area (Å²) in [6, 6.07) is 21.8. The number of sulfonamides is 1. The van der Waals surface area contributed by atoms with E-state index in [9.17, 15) is 18.0 Å². The smallest absolute Gasteiger partial charge is 0.257 e. The molecule has 0 bridgehead atoms. The van der Waals surface area contributed by atoms with Crippen LogP contribution in [0, 0.1) is 0 Å². The number of hydrogen-bond acceptors (Lipinski definition) is 4. The number of rotatable bonds is 7. The van der Waals surface area contributed by atoms with E-state index in [1.807, 2.05) is 30.3 Å². The highest BCUT2D eigenvalue weighted by atomic mass is 32.2. The van der Waals surface area contributed by atoms with E-state index in [0.29, 0.717) is 0 Å². The number of carbonyl (C=O) groups excluding carboxylic acids is 2. The lowest BCUT2D eigenvalue weighted by molar-refractivity contribution is 0.100. The third kappa shape index (κ3) is 4.84. The van der Waals surface area contributed by atoms with Gasteiger partial charge in [-0.2, -0.15) is 0 Å². The Morgan fingerprint density at radius 2 is 1.43 bits per heavy atom. The minimum Gasteiger partial charge on any atom is -0.366 e. The summed E-state index contributed by atoms with van der Waals surface area (Å²) in [5.74, 6) is -1.23. The Morgan fingerprint density at radius 1 is 0.867 bits per heavy atom. The third-order valence-corrected chi connectivity index (χ3v) is 5.55. The fraction of sp³-hybridized carbons (Fsp3) is 0.0909. The van der Waals surface area contributed by atoms with Crippen LogP contribution in [0.25, 0.3) is 0 Å². The first-order valence-electron chi connectivity index (χ1n) is 9.08. The number of para-hydroxylation sites is 2. The summed E-state index contributed by atoms with van der Waals surface area (Å²) in [5.41, 5.74) is 6.94. The van der Waals surface area contributed by atoms with E-state index in [4.69, 9.17) is 5.73 Å². The first kappa shape index (κ1) is 21.1. The largest absolute Gasteiger partial charge is 0.366 e. The number of nitrogens with zero attached hydrogens (tertiary/aromatic N) is 1. The quantitative estimate of drug-likeness (QED) is 0.609. The normalized spacial score (nSPS) is 11.0. The molecule has 3 aromatic carbocycles. The molecule has 8 heteroatoms. The summed E-state index contributed by atoms with van der Waals surface area (Å²) >= 11 is 0. The van der Waals surface area contributed by atoms with Gasteiger partial charge in [0.25, 0.3) is 11.8 Å². The topological polar surface area (TPSA) is 110 Å². The molecule has 0 aliphatic carbocycles. The molecule has 0 heterocycles. The Hall–Kier alpha value is -3.65. The zero-order chi connectivity index (χ0) is 21.7. The van der Waals surface area contributed by atoms with Gasteiger partial charge in [0.2, 0.25) is 10.0 Å². The monoisotopic (exact) mass is 423 g/mol. The van der Waals surface area contributed by atoms with Gasteiger partial charge < -0.3 is 11.1 Å². The Morgan fingerprint density at radius 3 is 2.07 bits per heavy atom. The minimum atomic E-state index is -3.69. The van der Waals surface area contributed by atoms with Crippen LogP contribution < -0.4 is 15.4 Å². The molecule has 2 amide bonds. The molecule has 0 saturated heterocycles. The van der Waals surface area contributed by atoms with E-state index in [-0.39, 0.29) is 29.0 Å². The van der Waals surface area contributed by atoms with E-state index >= 15 is 0 Å². The van der Waals surface area contributed by atoms with Gasteiger partial charge >= 0.3 is 0 Å². The van der Waals surface area contributed by atoms with Crippen molar-refractivity contribution < 1.29 is 18.0 Å². The molecule has 0 radical (unpaired) electrons. The molecule has 0 aliphatic heterocycles. The highest BCUT2D eigenvalue weighted by molar-refractivity contribution is 7.92. The van der Waals surface area contributed by atoms with Gasteiger partial charge in [-0.15, -0.1) is 0 Å². The van der Waals surface area contributed by atoms with Crippen LogP contribution in [0.15, 0.2) is 78.9 Å². The first-order chi connectivity index (χ1) is 14.3. The Kier molecular flexibility index (Phi) is 6.17. The molecule has 154 valence electrons. The third-order valence-electron chi connectivity index (χ3n) is 4.43. The van der Waals surface area contributed by atoms with Crippen molar-refractivity contribution in [2.75, 3.05) is 15.9 Å². The Balaban J connectivity index is 2.00. The molecule has 3 aromatic rings. The van der Waals surface area contributed by atoms with Gasteiger partial charge in [0, 0.05) is 0 Å². The molecule has 0 saturated carbocycles. The second-order valence-electron chi connectivity index (χ2n) is 6.64. The second kappa shape index (κ2) is 8.79. The number of amides is 2. The van der Waals surface area contributed by atoms with Gasteiger partial charge in [0.1, 0.15) is 0 Å². The SMILES string of the molecule is CS(=O)(=O)N(Cc1ccccc1)c1ccccc1C(=O)Nc1ccccc1C(N)=O. The maximum absolute atomic E-state index is 13.0. The van der Waals surface area contributed by atoms with Crippen LogP contribution in [-0.2, 0) is 16.6 Å². The molecule has 30 heavy (non-hydrogen) atoms. The predicted octanol–water partition coefficient (Wildman–Crippen LogP) is 3.00. The van der Waals surface area contributed by atoms with Crippen molar-refractivity contribution in [2.24, 2.45) is 5.73 Å².